The Morgan fingerprint density at radius 3 is 2.31 bits per heavy atom. The van der Waals surface area contributed by atoms with Gasteiger partial charge in [-0.15, -0.1) is 0 Å². The summed E-state index contributed by atoms with van der Waals surface area (Å²) >= 11 is 3.50. The Balaban J connectivity index is 1.82. The van der Waals surface area contributed by atoms with Crippen LogP contribution >= 0.6 is 15.9 Å². The number of nitrogens with two attached hydrogens (primary N) is 1. The van der Waals surface area contributed by atoms with Gasteiger partial charge in [0.15, 0.2) is 0 Å². The number of nitrogens with zero attached hydrogens (tertiary/aromatic N) is 4. The summed E-state index contributed by atoms with van der Waals surface area (Å²) in [6.07, 6.45) is 1.72. The molecule has 0 bridgehead atoms. The highest BCUT2D eigenvalue weighted by molar-refractivity contribution is 9.10. The lowest BCUT2D eigenvalue weighted by Crippen LogP contribution is -2.26. The molecular formula is C26H29BrN6O2. The summed E-state index contributed by atoms with van der Waals surface area (Å²) in [7, 11) is 0. The van der Waals surface area contributed by atoms with Crippen molar-refractivity contribution < 1.29 is 9.47 Å². The maximum Gasteiger partial charge on any atom is 0.320 e. The number of rotatable bonds is 5. The van der Waals surface area contributed by atoms with Gasteiger partial charge in [-0.2, -0.15) is 9.97 Å². The van der Waals surface area contributed by atoms with E-state index >= 15 is 0 Å². The Bertz CT molecular complexity index is 1380. The van der Waals surface area contributed by atoms with Gasteiger partial charge in [0, 0.05) is 21.7 Å². The molecule has 3 N–H and O–H groups in total. The summed E-state index contributed by atoms with van der Waals surface area (Å²) in [4.78, 5) is 17.9. The molecule has 0 spiro atoms. The molecule has 0 aliphatic carbocycles. The molecule has 2 heterocycles. The smallest absolute Gasteiger partial charge is 0.320 e. The molecule has 0 unspecified atom stereocenters. The first-order valence-corrected chi connectivity index (χ1v) is 12.0. The van der Waals surface area contributed by atoms with Crippen LogP contribution < -0.4 is 20.5 Å². The van der Waals surface area contributed by atoms with Gasteiger partial charge in [0.1, 0.15) is 17.0 Å². The topological polar surface area (TPSA) is 108 Å². The first-order valence-electron chi connectivity index (χ1n) is 11.2. The fourth-order valence-corrected chi connectivity index (χ4v) is 3.75. The lowest BCUT2D eigenvalue weighted by molar-refractivity contribution is 0.103. The molecule has 0 saturated carbocycles. The van der Waals surface area contributed by atoms with Crippen LogP contribution in [0, 0.1) is 0 Å². The second kappa shape index (κ2) is 9.30. The molecule has 8 nitrogen and oxygen atoms in total. The Morgan fingerprint density at radius 1 is 0.886 bits per heavy atom. The number of ether oxygens (including phenoxy) is 2. The standard InChI is InChI=1S/C26H29BrN6O2/c1-25(2,3)34-22-19(14-29-24(33-22)35-26(4,5)6)15-10-11-20-18(12-15)21(32-23(28)31-20)30-17-9-7-8-16(27)13-17/h7-14H,1-6H3,(H3,28,30,31,32). The van der Waals surface area contributed by atoms with Crippen molar-refractivity contribution in [1.82, 2.24) is 19.9 Å². The highest BCUT2D eigenvalue weighted by Gasteiger charge is 2.22. The molecule has 0 fully saturated rings. The summed E-state index contributed by atoms with van der Waals surface area (Å²) in [6.45, 7) is 11.8. The normalized spacial score (nSPS) is 12.0. The Hall–Kier alpha value is -3.46. The second-order valence-electron chi connectivity index (χ2n) is 10.1. The molecule has 0 atom stereocenters. The van der Waals surface area contributed by atoms with Crippen molar-refractivity contribution in [3.05, 3.63) is 53.1 Å². The van der Waals surface area contributed by atoms with Gasteiger partial charge in [0.05, 0.1) is 11.1 Å². The van der Waals surface area contributed by atoms with Crippen LogP contribution in [0.1, 0.15) is 41.5 Å². The number of anilines is 3. The third kappa shape index (κ3) is 6.36. The summed E-state index contributed by atoms with van der Waals surface area (Å²) in [5.74, 6) is 1.22. The number of hydrogen-bond acceptors (Lipinski definition) is 8. The third-order valence-electron chi connectivity index (χ3n) is 4.64. The number of nitrogens with one attached hydrogen (secondary N) is 1. The minimum Gasteiger partial charge on any atom is -0.471 e. The highest BCUT2D eigenvalue weighted by atomic mass is 79.9. The number of nitrogen functional groups attached to an aromatic ring is 1. The molecule has 35 heavy (non-hydrogen) atoms. The minimum atomic E-state index is -0.468. The Morgan fingerprint density at radius 2 is 1.63 bits per heavy atom. The second-order valence-corrected chi connectivity index (χ2v) is 11.0. The number of hydrogen-bond donors (Lipinski definition) is 2. The molecular weight excluding hydrogens is 508 g/mol. The van der Waals surface area contributed by atoms with Crippen molar-refractivity contribution in [1.29, 1.82) is 0 Å². The molecule has 4 aromatic rings. The zero-order valence-corrected chi connectivity index (χ0v) is 22.3. The van der Waals surface area contributed by atoms with Crippen LogP contribution in [0.25, 0.3) is 22.0 Å². The van der Waals surface area contributed by atoms with Gasteiger partial charge in [-0.25, -0.2) is 9.97 Å². The molecule has 0 aliphatic rings. The maximum absolute atomic E-state index is 6.21. The summed E-state index contributed by atoms with van der Waals surface area (Å²) < 4.78 is 13.0. The lowest BCUT2D eigenvalue weighted by Gasteiger charge is -2.24. The van der Waals surface area contributed by atoms with Gasteiger partial charge in [-0.3, -0.25) is 0 Å². The number of aromatic nitrogens is 4. The van der Waals surface area contributed by atoms with Crippen LogP contribution in [0.2, 0.25) is 0 Å². The Kier molecular flexibility index (Phi) is 6.55. The van der Waals surface area contributed by atoms with E-state index in [0.717, 1.165) is 26.7 Å². The van der Waals surface area contributed by atoms with Gasteiger partial charge in [0.25, 0.3) is 0 Å². The summed E-state index contributed by atoms with van der Waals surface area (Å²) in [5.41, 5.74) is 8.25. The first kappa shape index (κ1) is 24.7. The number of halogens is 1. The van der Waals surface area contributed by atoms with Crippen molar-refractivity contribution in [2.75, 3.05) is 11.1 Å². The van der Waals surface area contributed by atoms with E-state index in [2.05, 4.69) is 41.2 Å². The number of fused-ring (bicyclic) bond motifs is 1. The molecule has 4 rings (SSSR count). The predicted molar refractivity (Wildman–Crippen MR) is 143 cm³/mol. The largest absolute Gasteiger partial charge is 0.471 e. The van der Waals surface area contributed by atoms with Crippen LogP contribution in [0.15, 0.2) is 53.1 Å². The van der Waals surface area contributed by atoms with Crippen LogP contribution in [-0.4, -0.2) is 31.1 Å². The van der Waals surface area contributed by atoms with Crippen molar-refractivity contribution in [2.45, 2.75) is 52.7 Å². The summed E-state index contributed by atoms with van der Waals surface area (Å²) in [6, 6.07) is 13.9. The van der Waals surface area contributed by atoms with Gasteiger partial charge in [-0.05, 0) is 77.4 Å². The van der Waals surface area contributed by atoms with E-state index in [4.69, 9.17) is 15.2 Å². The monoisotopic (exact) mass is 536 g/mol. The van der Waals surface area contributed by atoms with Crippen LogP contribution in [-0.2, 0) is 0 Å². The van der Waals surface area contributed by atoms with E-state index in [-0.39, 0.29) is 12.0 Å². The van der Waals surface area contributed by atoms with E-state index in [1.165, 1.54) is 0 Å². The molecule has 0 amide bonds. The van der Waals surface area contributed by atoms with E-state index in [0.29, 0.717) is 17.2 Å². The molecule has 182 valence electrons. The maximum atomic E-state index is 6.21. The molecule has 9 heteroatoms. The Labute approximate surface area is 213 Å². The van der Waals surface area contributed by atoms with Crippen molar-refractivity contribution >= 4 is 44.3 Å². The third-order valence-corrected chi connectivity index (χ3v) is 5.14. The number of benzene rings is 2. The highest BCUT2D eigenvalue weighted by Crippen LogP contribution is 2.35. The van der Waals surface area contributed by atoms with Gasteiger partial charge < -0.3 is 20.5 Å². The van der Waals surface area contributed by atoms with E-state index in [1.807, 2.05) is 84.0 Å². The van der Waals surface area contributed by atoms with Gasteiger partial charge in [0.2, 0.25) is 11.8 Å². The SMILES string of the molecule is CC(C)(C)Oc1ncc(-c2ccc3nc(N)nc(Nc4cccc(Br)c4)c3c2)c(OC(C)(C)C)n1. The fraction of sp³-hybridized carbons (Fsp3) is 0.308. The molecule has 2 aromatic heterocycles. The van der Waals surface area contributed by atoms with Crippen LogP contribution in [0.5, 0.6) is 11.9 Å². The van der Waals surface area contributed by atoms with E-state index < -0.39 is 11.2 Å². The molecule has 0 radical (unpaired) electrons. The van der Waals surface area contributed by atoms with Crippen molar-refractivity contribution in [3.63, 3.8) is 0 Å². The molecule has 2 aromatic carbocycles. The van der Waals surface area contributed by atoms with E-state index in [1.54, 1.807) is 6.20 Å². The lowest BCUT2D eigenvalue weighted by atomic mass is 10.1. The summed E-state index contributed by atoms with van der Waals surface area (Å²) in [5, 5.41) is 4.15. The molecule has 0 aliphatic heterocycles. The fourth-order valence-electron chi connectivity index (χ4n) is 3.35. The van der Waals surface area contributed by atoms with Crippen LogP contribution in [0.4, 0.5) is 17.5 Å². The predicted octanol–water partition coefficient (Wildman–Crippen LogP) is 6.53. The molecule has 0 saturated heterocycles. The van der Waals surface area contributed by atoms with Crippen molar-refractivity contribution in [3.8, 4) is 23.0 Å². The zero-order chi connectivity index (χ0) is 25.4. The quantitative estimate of drug-likeness (QED) is 0.296. The van der Waals surface area contributed by atoms with Gasteiger partial charge in [-0.1, -0.05) is 28.1 Å². The zero-order valence-electron chi connectivity index (χ0n) is 20.7. The van der Waals surface area contributed by atoms with Gasteiger partial charge >= 0.3 is 6.01 Å². The average molecular weight is 537 g/mol. The average Bonchev–Trinajstić information content (AvgIpc) is 2.71. The minimum absolute atomic E-state index is 0.187. The first-order chi connectivity index (χ1) is 16.4. The van der Waals surface area contributed by atoms with Crippen LogP contribution in [0.3, 0.4) is 0 Å². The van der Waals surface area contributed by atoms with Crippen molar-refractivity contribution in [2.24, 2.45) is 0 Å². The van der Waals surface area contributed by atoms with E-state index in [9.17, 15) is 0 Å².